The number of esters is 1. The summed E-state index contributed by atoms with van der Waals surface area (Å²) in [4.78, 5) is 24.2. The molecule has 0 fully saturated rings. The quantitative estimate of drug-likeness (QED) is 0.584. The number of sulfonamides is 1. The highest BCUT2D eigenvalue weighted by Crippen LogP contribution is 2.25. The van der Waals surface area contributed by atoms with Gasteiger partial charge in [-0.25, -0.2) is 17.6 Å². The van der Waals surface area contributed by atoms with Crippen molar-refractivity contribution in [2.24, 2.45) is 0 Å². The molecular formula is C21H17FN2O5S. The molecule has 154 valence electrons. The monoisotopic (exact) mass is 428 g/mol. The van der Waals surface area contributed by atoms with Crippen molar-refractivity contribution in [2.45, 2.75) is 4.90 Å². The highest BCUT2D eigenvalue weighted by molar-refractivity contribution is 7.92. The van der Waals surface area contributed by atoms with E-state index in [0.717, 1.165) is 24.3 Å². The van der Waals surface area contributed by atoms with Gasteiger partial charge in [-0.3, -0.25) is 9.52 Å². The Bertz CT molecular complexity index is 1190. The van der Waals surface area contributed by atoms with Crippen molar-refractivity contribution >= 4 is 33.3 Å². The van der Waals surface area contributed by atoms with Crippen LogP contribution in [0.25, 0.3) is 0 Å². The summed E-state index contributed by atoms with van der Waals surface area (Å²) in [5, 5.41) is 2.62. The van der Waals surface area contributed by atoms with E-state index in [1.807, 2.05) is 0 Å². The molecular weight excluding hydrogens is 411 g/mol. The van der Waals surface area contributed by atoms with Crippen molar-refractivity contribution in [1.29, 1.82) is 0 Å². The van der Waals surface area contributed by atoms with Crippen LogP contribution in [-0.4, -0.2) is 27.4 Å². The van der Waals surface area contributed by atoms with Crippen molar-refractivity contribution < 1.29 is 27.1 Å². The van der Waals surface area contributed by atoms with Gasteiger partial charge in [0.1, 0.15) is 5.82 Å². The van der Waals surface area contributed by atoms with Crippen molar-refractivity contribution in [3.8, 4) is 0 Å². The van der Waals surface area contributed by atoms with Gasteiger partial charge in [0.15, 0.2) is 0 Å². The summed E-state index contributed by atoms with van der Waals surface area (Å²) < 4.78 is 45.3. The Balaban J connectivity index is 1.84. The Morgan fingerprint density at radius 1 is 0.867 bits per heavy atom. The van der Waals surface area contributed by atoms with Gasteiger partial charge in [0.2, 0.25) is 0 Å². The fourth-order valence-corrected chi connectivity index (χ4v) is 3.68. The number of nitrogens with one attached hydrogen (secondary N) is 2. The van der Waals surface area contributed by atoms with Crippen LogP contribution in [0.4, 0.5) is 15.8 Å². The average molecular weight is 428 g/mol. The van der Waals surface area contributed by atoms with E-state index in [1.165, 1.54) is 43.5 Å². The molecule has 0 heterocycles. The lowest BCUT2D eigenvalue weighted by molar-refractivity contribution is 0.0600. The number of hydrogen-bond donors (Lipinski definition) is 2. The Kier molecular flexibility index (Phi) is 6.12. The number of rotatable bonds is 6. The zero-order chi connectivity index (χ0) is 21.7. The van der Waals surface area contributed by atoms with Crippen LogP contribution < -0.4 is 10.0 Å². The van der Waals surface area contributed by atoms with Crippen molar-refractivity contribution in [3.05, 3.63) is 89.7 Å². The third-order valence-electron chi connectivity index (χ3n) is 4.09. The van der Waals surface area contributed by atoms with Crippen LogP contribution >= 0.6 is 0 Å². The van der Waals surface area contributed by atoms with Gasteiger partial charge in [-0.1, -0.05) is 18.2 Å². The Morgan fingerprint density at radius 2 is 1.50 bits per heavy atom. The molecule has 0 aliphatic carbocycles. The molecule has 0 bridgehead atoms. The van der Waals surface area contributed by atoms with Crippen molar-refractivity contribution in [3.63, 3.8) is 0 Å². The summed E-state index contributed by atoms with van der Waals surface area (Å²) >= 11 is 0. The molecule has 0 saturated heterocycles. The molecule has 0 unspecified atom stereocenters. The first-order chi connectivity index (χ1) is 14.3. The average Bonchev–Trinajstić information content (AvgIpc) is 2.74. The summed E-state index contributed by atoms with van der Waals surface area (Å²) in [6.45, 7) is 0. The van der Waals surface area contributed by atoms with E-state index >= 15 is 0 Å². The maximum Gasteiger partial charge on any atom is 0.337 e. The topological polar surface area (TPSA) is 102 Å². The van der Waals surface area contributed by atoms with Gasteiger partial charge in [0, 0.05) is 5.56 Å². The van der Waals surface area contributed by atoms with Gasteiger partial charge in [-0.05, 0) is 54.6 Å². The molecule has 1 amide bonds. The number of carbonyl (C=O) groups excluding carboxylic acids is 2. The lowest BCUT2D eigenvalue weighted by atomic mass is 10.1. The highest BCUT2D eigenvalue weighted by Gasteiger charge is 2.18. The molecule has 3 aromatic rings. The standard InChI is InChI=1S/C21H17FN2O5S/c1-29-21(26)15-6-4-5-14(13-15)20(25)23-18-7-2-3-8-19(18)24-30(27,28)17-11-9-16(22)10-12-17/h2-13,24H,1H3,(H,23,25). The molecule has 0 aliphatic rings. The lowest BCUT2D eigenvalue weighted by Crippen LogP contribution is -2.17. The van der Waals surface area contributed by atoms with Crippen LogP contribution in [0.15, 0.2) is 77.7 Å². The second-order valence-corrected chi connectivity index (χ2v) is 7.81. The summed E-state index contributed by atoms with van der Waals surface area (Å²) in [5.74, 6) is -1.69. The van der Waals surface area contributed by atoms with Crippen LogP contribution in [-0.2, 0) is 14.8 Å². The van der Waals surface area contributed by atoms with E-state index in [0.29, 0.717) is 0 Å². The molecule has 3 rings (SSSR count). The largest absolute Gasteiger partial charge is 0.465 e. The first-order valence-corrected chi connectivity index (χ1v) is 10.2. The van der Waals surface area contributed by atoms with Gasteiger partial charge in [0.25, 0.3) is 15.9 Å². The minimum absolute atomic E-state index is 0.124. The molecule has 9 heteroatoms. The summed E-state index contributed by atoms with van der Waals surface area (Å²) in [6.07, 6.45) is 0. The van der Waals surface area contributed by atoms with Gasteiger partial charge in [-0.2, -0.15) is 0 Å². The molecule has 0 aliphatic heterocycles. The minimum Gasteiger partial charge on any atom is -0.465 e. The van der Waals surface area contributed by atoms with Crippen LogP contribution in [0.1, 0.15) is 20.7 Å². The van der Waals surface area contributed by atoms with Crippen LogP contribution in [0.2, 0.25) is 0 Å². The smallest absolute Gasteiger partial charge is 0.337 e. The Labute approximate surface area is 172 Å². The number of benzene rings is 3. The number of carbonyl (C=O) groups is 2. The van der Waals surface area contributed by atoms with Gasteiger partial charge in [-0.15, -0.1) is 0 Å². The predicted molar refractivity (Wildman–Crippen MR) is 109 cm³/mol. The molecule has 0 radical (unpaired) electrons. The number of para-hydroxylation sites is 2. The number of amides is 1. The van der Waals surface area contributed by atoms with Crippen LogP contribution in [0, 0.1) is 5.82 Å². The normalized spacial score (nSPS) is 10.9. The summed E-state index contributed by atoms with van der Waals surface area (Å²) in [6, 6.07) is 16.5. The van der Waals surface area contributed by atoms with E-state index < -0.39 is 27.7 Å². The summed E-state index contributed by atoms with van der Waals surface area (Å²) in [5.41, 5.74) is 0.723. The van der Waals surface area contributed by atoms with Crippen molar-refractivity contribution in [2.75, 3.05) is 17.1 Å². The Morgan fingerprint density at radius 3 is 2.17 bits per heavy atom. The van der Waals surface area contributed by atoms with E-state index in [2.05, 4.69) is 14.8 Å². The number of halogens is 1. The zero-order valence-corrected chi connectivity index (χ0v) is 16.6. The number of methoxy groups -OCH3 is 1. The fraction of sp³-hybridized carbons (Fsp3) is 0.0476. The fourth-order valence-electron chi connectivity index (χ4n) is 2.60. The molecule has 0 saturated carbocycles. The molecule has 0 spiro atoms. The molecule has 3 aromatic carbocycles. The second-order valence-electron chi connectivity index (χ2n) is 6.13. The second kappa shape index (κ2) is 8.75. The SMILES string of the molecule is COC(=O)c1cccc(C(=O)Nc2ccccc2NS(=O)(=O)c2ccc(F)cc2)c1. The number of anilines is 2. The van der Waals surface area contributed by atoms with E-state index in [9.17, 15) is 22.4 Å². The molecule has 30 heavy (non-hydrogen) atoms. The molecule has 7 nitrogen and oxygen atoms in total. The lowest BCUT2D eigenvalue weighted by Gasteiger charge is -2.14. The highest BCUT2D eigenvalue weighted by atomic mass is 32.2. The first kappa shape index (κ1) is 21.0. The first-order valence-electron chi connectivity index (χ1n) is 8.67. The third kappa shape index (κ3) is 4.81. The number of hydrogen-bond acceptors (Lipinski definition) is 5. The molecule has 0 aromatic heterocycles. The van der Waals surface area contributed by atoms with Crippen LogP contribution in [0.5, 0.6) is 0 Å². The minimum atomic E-state index is -4.00. The predicted octanol–water partition coefficient (Wildman–Crippen LogP) is 3.67. The van der Waals surface area contributed by atoms with Crippen molar-refractivity contribution in [1.82, 2.24) is 0 Å². The maximum atomic E-state index is 13.1. The van der Waals surface area contributed by atoms with Crippen LogP contribution in [0.3, 0.4) is 0 Å². The van der Waals surface area contributed by atoms with E-state index in [1.54, 1.807) is 12.1 Å². The number of ether oxygens (including phenoxy) is 1. The molecule has 2 N–H and O–H groups in total. The summed E-state index contributed by atoms with van der Waals surface area (Å²) in [7, 11) is -2.77. The Hall–Kier alpha value is -3.72. The van der Waals surface area contributed by atoms with E-state index in [-0.39, 0.29) is 27.4 Å². The van der Waals surface area contributed by atoms with Gasteiger partial charge < -0.3 is 10.1 Å². The maximum absolute atomic E-state index is 13.1. The van der Waals surface area contributed by atoms with E-state index in [4.69, 9.17) is 0 Å². The molecule has 0 atom stereocenters. The zero-order valence-electron chi connectivity index (χ0n) is 15.8. The third-order valence-corrected chi connectivity index (χ3v) is 5.47. The van der Waals surface area contributed by atoms with Gasteiger partial charge in [0.05, 0.1) is 28.9 Å². The van der Waals surface area contributed by atoms with Gasteiger partial charge >= 0.3 is 5.97 Å².